The summed E-state index contributed by atoms with van der Waals surface area (Å²) in [7, 11) is 0. The number of fused-ring (bicyclic) bond motifs is 1. The maximum absolute atomic E-state index is 6.61. The Morgan fingerprint density at radius 2 is 1.89 bits per heavy atom. The van der Waals surface area contributed by atoms with Gasteiger partial charge in [-0.1, -0.05) is 6.07 Å². The lowest BCUT2D eigenvalue weighted by molar-refractivity contribution is 0.0330. The molecule has 18 heavy (non-hydrogen) atoms. The van der Waals surface area contributed by atoms with Gasteiger partial charge in [0.2, 0.25) is 0 Å². The molecule has 0 aliphatic carbocycles. The first kappa shape index (κ1) is 10.9. The van der Waals surface area contributed by atoms with E-state index in [-0.39, 0.29) is 11.5 Å². The number of nitrogens with zero attached hydrogens (tertiary/aromatic N) is 3. The van der Waals surface area contributed by atoms with E-state index in [1.54, 1.807) is 0 Å². The van der Waals surface area contributed by atoms with Crippen molar-refractivity contribution in [2.24, 2.45) is 11.7 Å². The average molecular weight is 244 g/mol. The molecular weight excluding hydrogens is 224 g/mol. The molecule has 4 bridgehead atoms. The first-order valence-corrected chi connectivity index (χ1v) is 6.90. The van der Waals surface area contributed by atoms with E-state index in [9.17, 15) is 0 Å². The summed E-state index contributed by atoms with van der Waals surface area (Å²) in [4.78, 5) is 9.81. The van der Waals surface area contributed by atoms with Gasteiger partial charge in [0.1, 0.15) is 0 Å². The van der Waals surface area contributed by atoms with Gasteiger partial charge in [0, 0.05) is 57.4 Å². The van der Waals surface area contributed by atoms with Crippen LogP contribution in [0.15, 0.2) is 24.4 Å². The van der Waals surface area contributed by atoms with E-state index in [2.05, 4.69) is 26.9 Å². The average Bonchev–Trinajstić information content (AvgIpc) is 2.65. The number of nitrogens with two attached hydrogens (primary N) is 1. The molecule has 4 saturated heterocycles. The van der Waals surface area contributed by atoms with Crippen LogP contribution >= 0.6 is 0 Å². The molecule has 3 atom stereocenters. The Labute approximate surface area is 108 Å². The summed E-state index contributed by atoms with van der Waals surface area (Å²) < 4.78 is 0. The third-order valence-corrected chi connectivity index (χ3v) is 5.05. The van der Waals surface area contributed by atoms with Crippen LogP contribution < -0.4 is 5.73 Å². The van der Waals surface area contributed by atoms with Gasteiger partial charge in [0.15, 0.2) is 0 Å². The van der Waals surface area contributed by atoms with Gasteiger partial charge in [-0.3, -0.25) is 4.98 Å². The summed E-state index contributed by atoms with van der Waals surface area (Å²) >= 11 is 0. The smallest absolute Gasteiger partial charge is 0.0534 e. The number of pyridine rings is 1. The predicted octanol–water partition coefficient (Wildman–Crippen LogP) is -0.0923. The van der Waals surface area contributed by atoms with E-state index in [4.69, 9.17) is 5.73 Å². The van der Waals surface area contributed by atoms with Crippen LogP contribution in [-0.4, -0.2) is 60.1 Å². The van der Waals surface area contributed by atoms with Crippen molar-refractivity contribution in [1.29, 1.82) is 0 Å². The van der Waals surface area contributed by atoms with E-state index in [1.165, 1.54) is 31.9 Å². The molecule has 0 spiro atoms. The van der Waals surface area contributed by atoms with Gasteiger partial charge in [-0.05, 0) is 12.1 Å². The molecule has 5 heterocycles. The van der Waals surface area contributed by atoms with Crippen molar-refractivity contribution in [2.45, 2.75) is 11.5 Å². The minimum absolute atomic E-state index is 0.0545. The maximum atomic E-state index is 6.61. The van der Waals surface area contributed by atoms with Gasteiger partial charge in [-0.25, -0.2) is 0 Å². The molecule has 0 radical (unpaired) electrons. The molecule has 1 aromatic heterocycles. The molecule has 4 heteroatoms. The number of piperidine rings is 2. The largest absolute Gasteiger partial charge is 0.326 e. The van der Waals surface area contributed by atoms with Crippen LogP contribution in [0.25, 0.3) is 0 Å². The van der Waals surface area contributed by atoms with Crippen LogP contribution in [0.2, 0.25) is 0 Å². The zero-order valence-corrected chi connectivity index (χ0v) is 10.6. The van der Waals surface area contributed by atoms with Crippen LogP contribution in [0.1, 0.15) is 5.69 Å². The lowest BCUT2D eigenvalue weighted by Crippen LogP contribution is -2.69. The molecule has 1 aromatic rings. The van der Waals surface area contributed by atoms with Crippen molar-refractivity contribution in [3.8, 4) is 0 Å². The van der Waals surface area contributed by atoms with E-state index in [0.717, 1.165) is 13.1 Å². The Morgan fingerprint density at radius 1 is 1.17 bits per heavy atom. The summed E-state index contributed by atoms with van der Waals surface area (Å²) in [5.74, 6) is 0.608. The third-order valence-electron chi connectivity index (χ3n) is 5.05. The quantitative estimate of drug-likeness (QED) is 0.750. The van der Waals surface area contributed by atoms with Crippen molar-refractivity contribution < 1.29 is 0 Å². The van der Waals surface area contributed by atoms with Crippen molar-refractivity contribution in [3.05, 3.63) is 30.1 Å². The Hall–Kier alpha value is -0.970. The fourth-order valence-corrected chi connectivity index (χ4v) is 4.20. The van der Waals surface area contributed by atoms with Gasteiger partial charge in [-0.15, -0.1) is 0 Å². The maximum Gasteiger partial charge on any atom is 0.0534 e. The SMILES string of the molecule is NC1C2CN3CCN(C2)CC1(c1ccccn1)C3. The summed E-state index contributed by atoms with van der Waals surface area (Å²) in [6.07, 6.45) is 1.90. The summed E-state index contributed by atoms with van der Waals surface area (Å²) in [6.45, 7) is 6.89. The van der Waals surface area contributed by atoms with Crippen molar-refractivity contribution in [1.82, 2.24) is 14.8 Å². The number of rotatable bonds is 1. The van der Waals surface area contributed by atoms with E-state index in [1.807, 2.05) is 12.3 Å². The Morgan fingerprint density at radius 3 is 2.50 bits per heavy atom. The zero-order valence-electron chi connectivity index (χ0n) is 10.6. The highest BCUT2D eigenvalue weighted by atomic mass is 15.3. The van der Waals surface area contributed by atoms with Gasteiger partial charge >= 0.3 is 0 Å². The molecule has 0 saturated carbocycles. The highest BCUT2D eigenvalue weighted by Crippen LogP contribution is 2.41. The van der Waals surface area contributed by atoms with Gasteiger partial charge < -0.3 is 15.5 Å². The van der Waals surface area contributed by atoms with Crippen LogP contribution in [0.4, 0.5) is 0 Å². The van der Waals surface area contributed by atoms with E-state index < -0.39 is 0 Å². The normalized spacial score (nSPS) is 46.1. The fraction of sp³-hybridized carbons (Fsp3) is 0.643. The minimum Gasteiger partial charge on any atom is -0.326 e. The van der Waals surface area contributed by atoms with E-state index in [0.29, 0.717) is 5.92 Å². The third kappa shape index (κ3) is 1.40. The molecule has 0 amide bonds. The van der Waals surface area contributed by atoms with Crippen LogP contribution in [0.3, 0.4) is 0 Å². The molecule has 96 valence electrons. The van der Waals surface area contributed by atoms with Crippen LogP contribution in [0.5, 0.6) is 0 Å². The van der Waals surface area contributed by atoms with Gasteiger partial charge in [-0.2, -0.15) is 0 Å². The topological polar surface area (TPSA) is 45.4 Å². The second-order valence-corrected chi connectivity index (χ2v) is 6.13. The van der Waals surface area contributed by atoms with Gasteiger partial charge in [0.25, 0.3) is 0 Å². The molecule has 4 aliphatic rings. The number of hydrogen-bond acceptors (Lipinski definition) is 4. The van der Waals surface area contributed by atoms with Gasteiger partial charge in [0.05, 0.1) is 11.1 Å². The fourth-order valence-electron chi connectivity index (χ4n) is 4.20. The Kier molecular flexibility index (Phi) is 2.28. The van der Waals surface area contributed by atoms with Crippen molar-refractivity contribution in [3.63, 3.8) is 0 Å². The van der Waals surface area contributed by atoms with Crippen molar-refractivity contribution in [2.75, 3.05) is 39.3 Å². The molecule has 4 fully saturated rings. The molecule has 0 aromatic carbocycles. The van der Waals surface area contributed by atoms with Crippen LogP contribution in [-0.2, 0) is 5.41 Å². The molecule has 5 rings (SSSR count). The number of aromatic nitrogens is 1. The molecule has 4 nitrogen and oxygen atoms in total. The second kappa shape index (κ2) is 3.76. The highest BCUT2D eigenvalue weighted by molar-refractivity contribution is 5.27. The Bertz CT molecular complexity index is 430. The minimum atomic E-state index is 0.0545. The lowest BCUT2D eigenvalue weighted by atomic mass is 9.66. The monoisotopic (exact) mass is 244 g/mol. The second-order valence-electron chi connectivity index (χ2n) is 6.13. The summed E-state index contributed by atoms with van der Waals surface area (Å²) in [6, 6.07) is 6.51. The summed E-state index contributed by atoms with van der Waals surface area (Å²) in [5, 5.41) is 0. The number of hydrogen-bond donors (Lipinski definition) is 1. The molecule has 3 unspecified atom stereocenters. The first-order valence-electron chi connectivity index (χ1n) is 6.90. The molecular formula is C14H20N4. The highest BCUT2D eigenvalue weighted by Gasteiger charge is 2.54. The zero-order chi connectivity index (χ0) is 12.2. The lowest BCUT2D eigenvalue weighted by Gasteiger charge is -2.53. The van der Waals surface area contributed by atoms with E-state index >= 15 is 0 Å². The molecule has 2 N–H and O–H groups in total. The standard InChI is InChI=1S/C14H20N4/c15-13-11-7-17-5-6-18(8-11)10-14(13,9-17)12-3-1-2-4-16-12/h1-4,11,13H,5-10,15H2. The first-order chi connectivity index (χ1) is 8.78. The Balaban J connectivity index is 1.83. The van der Waals surface area contributed by atoms with Crippen molar-refractivity contribution >= 4 is 0 Å². The predicted molar refractivity (Wildman–Crippen MR) is 70.3 cm³/mol. The van der Waals surface area contributed by atoms with Crippen LogP contribution in [0, 0.1) is 5.92 Å². The summed E-state index contributed by atoms with van der Waals surface area (Å²) in [5.41, 5.74) is 7.86. The molecule has 4 aliphatic heterocycles.